The van der Waals surface area contributed by atoms with Crippen molar-refractivity contribution < 1.29 is 4.43 Å². The first-order valence-electron chi connectivity index (χ1n) is 7.56. The van der Waals surface area contributed by atoms with Crippen molar-refractivity contribution in [3.8, 4) is 0 Å². The summed E-state index contributed by atoms with van der Waals surface area (Å²) >= 11 is 5.93. The van der Waals surface area contributed by atoms with Gasteiger partial charge in [0.2, 0.25) is 0 Å². The third kappa shape index (κ3) is 3.39. The number of alkyl halides is 1. The third-order valence-corrected chi connectivity index (χ3v) is 9.11. The number of benzene rings is 2. The lowest BCUT2D eigenvalue weighted by Gasteiger charge is -2.37. The summed E-state index contributed by atoms with van der Waals surface area (Å²) < 4.78 is 6.51. The Morgan fingerprint density at radius 2 is 1.43 bits per heavy atom. The number of halogens is 1. The molecule has 112 valence electrons. The zero-order valence-electron chi connectivity index (χ0n) is 12.8. The summed E-state index contributed by atoms with van der Waals surface area (Å²) in [7, 11) is -2.26. The van der Waals surface area contributed by atoms with Crippen LogP contribution in [0.2, 0.25) is 5.54 Å². The Labute approximate surface area is 134 Å². The Balaban J connectivity index is 2.59. The predicted molar refractivity (Wildman–Crippen MR) is 94.3 cm³/mol. The van der Waals surface area contributed by atoms with E-state index < -0.39 is 8.32 Å². The van der Waals surface area contributed by atoms with Crippen molar-refractivity contribution >= 4 is 30.3 Å². The molecule has 0 N–H and O–H groups in total. The van der Waals surface area contributed by atoms with Crippen LogP contribution in [0.25, 0.3) is 0 Å². The summed E-state index contributed by atoms with van der Waals surface area (Å²) in [6.07, 6.45) is 1.10. The summed E-state index contributed by atoms with van der Waals surface area (Å²) in [6, 6.07) is 21.4. The van der Waals surface area contributed by atoms with Crippen LogP contribution in [0.15, 0.2) is 60.7 Å². The van der Waals surface area contributed by atoms with Crippen molar-refractivity contribution in [1.82, 2.24) is 0 Å². The van der Waals surface area contributed by atoms with Gasteiger partial charge in [-0.15, -0.1) is 11.6 Å². The van der Waals surface area contributed by atoms with E-state index in [-0.39, 0.29) is 0 Å². The van der Waals surface area contributed by atoms with Gasteiger partial charge in [-0.05, 0) is 15.9 Å². The molecule has 0 aliphatic heterocycles. The first-order valence-corrected chi connectivity index (χ1v) is 10.1. The smallest absolute Gasteiger partial charge is 0.258 e. The molecule has 3 heteroatoms. The fourth-order valence-corrected chi connectivity index (χ4v) is 7.57. The molecule has 1 unspecified atom stereocenters. The molecule has 0 saturated carbocycles. The van der Waals surface area contributed by atoms with Gasteiger partial charge in [-0.1, -0.05) is 80.9 Å². The number of hydrogen-bond donors (Lipinski definition) is 0. The van der Waals surface area contributed by atoms with E-state index in [9.17, 15) is 0 Å². The Hall–Kier alpha value is -1.09. The van der Waals surface area contributed by atoms with Gasteiger partial charge in [0.15, 0.2) is 0 Å². The van der Waals surface area contributed by atoms with E-state index in [0.29, 0.717) is 18.0 Å². The van der Waals surface area contributed by atoms with Crippen LogP contribution in [0.5, 0.6) is 0 Å². The monoisotopic (exact) mass is 318 g/mol. The molecule has 21 heavy (non-hydrogen) atoms. The van der Waals surface area contributed by atoms with Gasteiger partial charge < -0.3 is 4.43 Å². The Kier molecular flexibility index (Phi) is 6.04. The van der Waals surface area contributed by atoms with Gasteiger partial charge in [-0.2, -0.15) is 0 Å². The Morgan fingerprint density at radius 1 is 0.952 bits per heavy atom. The van der Waals surface area contributed by atoms with Gasteiger partial charge in [0, 0.05) is 12.5 Å². The highest BCUT2D eigenvalue weighted by molar-refractivity contribution is 6.98. The zero-order chi connectivity index (χ0) is 15.1. The van der Waals surface area contributed by atoms with Crippen molar-refractivity contribution in [3.63, 3.8) is 0 Å². The van der Waals surface area contributed by atoms with Crippen molar-refractivity contribution in [1.29, 1.82) is 0 Å². The maximum atomic E-state index is 6.51. The lowest BCUT2D eigenvalue weighted by molar-refractivity contribution is 0.332. The van der Waals surface area contributed by atoms with Crippen molar-refractivity contribution in [2.75, 3.05) is 12.5 Å². The lowest BCUT2D eigenvalue weighted by atomic mass is 10.3. The number of hydrogen-bond acceptors (Lipinski definition) is 1. The second-order valence-corrected chi connectivity index (χ2v) is 9.59. The van der Waals surface area contributed by atoms with Crippen LogP contribution in [-0.2, 0) is 4.43 Å². The van der Waals surface area contributed by atoms with Crippen LogP contribution >= 0.6 is 11.6 Å². The summed E-state index contributed by atoms with van der Waals surface area (Å²) in [5.41, 5.74) is 0.491. The lowest BCUT2D eigenvalue weighted by Crippen LogP contribution is -2.63. The Morgan fingerprint density at radius 3 is 1.81 bits per heavy atom. The van der Waals surface area contributed by atoms with Crippen LogP contribution in [-0.4, -0.2) is 20.8 Å². The second-order valence-electron chi connectivity index (χ2n) is 5.31. The standard InChI is InChI=1S/C18H23ClOSi/c1-3-16(2)21(20-15-14-19,17-10-6-4-7-11-17)18-12-8-5-9-13-18/h4-13,16H,3,14-15H2,1-2H3. The van der Waals surface area contributed by atoms with Crippen LogP contribution in [0, 0.1) is 0 Å². The zero-order valence-corrected chi connectivity index (χ0v) is 14.5. The quantitative estimate of drug-likeness (QED) is 0.557. The molecule has 2 rings (SSSR count). The molecule has 1 nitrogen and oxygen atoms in total. The van der Waals surface area contributed by atoms with E-state index in [1.807, 2.05) is 0 Å². The van der Waals surface area contributed by atoms with E-state index in [1.54, 1.807) is 0 Å². The van der Waals surface area contributed by atoms with Crippen LogP contribution < -0.4 is 10.4 Å². The molecule has 2 aromatic rings. The summed E-state index contributed by atoms with van der Waals surface area (Å²) in [5, 5.41) is 2.66. The van der Waals surface area contributed by atoms with Crippen LogP contribution in [0.3, 0.4) is 0 Å². The largest absolute Gasteiger partial charge is 0.406 e. The molecule has 0 aliphatic carbocycles. The molecule has 0 aromatic heterocycles. The normalized spacial score (nSPS) is 13.1. The molecule has 0 fully saturated rings. The van der Waals surface area contributed by atoms with E-state index in [2.05, 4.69) is 74.5 Å². The van der Waals surface area contributed by atoms with Gasteiger partial charge >= 0.3 is 0 Å². The average Bonchev–Trinajstić information content (AvgIpc) is 2.57. The van der Waals surface area contributed by atoms with E-state index in [4.69, 9.17) is 16.0 Å². The average molecular weight is 319 g/mol. The van der Waals surface area contributed by atoms with Gasteiger partial charge in [0.05, 0.1) is 0 Å². The van der Waals surface area contributed by atoms with Crippen molar-refractivity contribution in [2.24, 2.45) is 0 Å². The first-order chi connectivity index (χ1) is 10.3. The fourth-order valence-electron chi connectivity index (χ4n) is 2.90. The molecule has 0 spiro atoms. The molecule has 1 atom stereocenters. The van der Waals surface area contributed by atoms with Gasteiger partial charge in [-0.3, -0.25) is 0 Å². The van der Waals surface area contributed by atoms with Gasteiger partial charge in [-0.25, -0.2) is 0 Å². The second kappa shape index (κ2) is 7.78. The highest BCUT2D eigenvalue weighted by Gasteiger charge is 2.43. The molecule has 2 aromatic carbocycles. The fraction of sp³-hybridized carbons (Fsp3) is 0.333. The molecule has 0 amide bonds. The minimum Gasteiger partial charge on any atom is -0.406 e. The molecule has 0 radical (unpaired) electrons. The van der Waals surface area contributed by atoms with Gasteiger partial charge in [0.1, 0.15) is 0 Å². The SMILES string of the molecule is CCC(C)[Si](OCCCl)(c1ccccc1)c1ccccc1. The summed E-state index contributed by atoms with van der Waals surface area (Å²) in [6.45, 7) is 5.14. The minimum atomic E-state index is -2.26. The molecule has 0 bridgehead atoms. The van der Waals surface area contributed by atoms with Crippen LogP contribution in [0.4, 0.5) is 0 Å². The molecular formula is C18H23ClOSi. The maximum Gasteiger partial charge on any atom is 0.258 e. The van der Waals surface area contributed by atoms with Gasteiger partial charge in [0.25, 0.3) is 8.32 Å². The highest BCUT2D eigenvalue weighted by Crippen LogP contribution is 2.26. The van der Waals surface area contributed by atoms with Crippen molar-refractivity contribution in [3.05, 3.63) is 60.7 Å². The molecule has 0 heterocycles. The first kappa shape index (κ1) is 16.3. The molecule has 0 saturated heterocycles. The molecule has 0 aliphatic rings. The topological polar surface area (TPSA) is 9.23 Å². The molecular weight excluding hydrogens is 296 g/mol. The van der Waals surface area contributed by atoms with E-state index in [0.717, 1.165) is 6.42 Å². The predicted octanol–water partition coefficient (Wildman–Crippen LogP) is 3.80. The Bertz CT molecular complexity index is 490. The summed E-state index contributed by atoms with van der Waals surface area (Å²) in [5.74, 6) is 0.533. The summed E-state index contributed by atoms with van der Waals surface area (Å²) in [4.78, 5) is 0. The van der Waals surface area contributed by atoms with E-state index in [1.165, 1.54) is 10.4 Å². The highest BCUT2D eigenvalue weighted by atomic mass is 35.5. The third-order valence-electron chi connectivity index (χ3n) is 4.12. The maximum absolute atomic E-state index is 6.51. The minimum absolute atomic E-state index is 0.491. The number of rotatable bonds is 7. The van der Waals surface area contributed by atoms with Crippen molar-refractivity contribution in [2.45, 2.75) is 25.8 Å². The van der Waals surface area contributed by atoms with Crippen LogP contribution in [0.1, 0.15) is 20.3 Å². The van der Waals surface area contributed by atoms with E-state index >= 15 is 0 Å².